The highest BCUT2D eigenvalue weighted by Gasteiger charge is 2.31. The van der Waals surface area contributed by atoms with Gasteiger partial charge in [0.05, 0.1) is 5.92 Å². The number of carbonyl (C=O) groups excluding carboxylic acids is 1. The van der Waals surface area contributed by atoms with Crippen molar-refractivity contribution in [1.82, 2.24) is 19.8 Å². The van der Waals surface area contributed by atoms with Crippen LogP contribution in [0.25, 0.3) is 0 Å². The first-order chi connectivity index (χ1) is 12.0. The van der Waals surface area contributed by atoms with E-state index in [1.807, 2.05) is 13.0 Å². The summed E-state index contributed by atoms with van der Waals surface area (Å²) in [6, 6.07) is 1.91. The van der Waals surface area contributed by atoms with Crippen molar-refractivity contribution in [3.63, 3.8) is 0 Å². The molecule has 2 aliphatic rings. The topological polar surface area (TPSA) is 52.6 Å². The van der Waals surface area contributed by atoms with Gasteiger partial charge in [-0.05, 0) is 31.7 Å². The van der Waals surface area contributed by atoms with E-state index in [1.165, 1.54) is 0 Å². The molecule has 0 saturated carbocycles. The molecular formula is C19H31N5O. The maximum atomic E-state index is 13.0. The van der Waals surface area contributed by atoms with Crippen molar-refractivity contribution in [2.75, 3.05) is 50.7 Å². The lowest BCUT2D eigenvalue weighted by molar-refractivity contribution is -0.137. The number of piperazine rings is 1. The minimum atomic E-state index is 0.0783. The maximum Gasteiger partial charge on any atom is 0.227 e. The molecule has 6 nitrogen and oxygen atoms in total. The van der Waals surface area contributed by atoms with Crippen LogP contribution >= 0.6 is 0 Å². The van der Waals surface area contributed by atoms with Gasteiger partial charge in [0.25, 0.3) is 0 Å². The predicted molar refractivity (Wildman–Crippen MR) is 99.6 cm³/mol. The molecule has 138 valence electrons. The van der Waals surface area contributed by atoms with Crippen LogP contribution in [0.3, 0.4) is 0 Å². The first kappa shape index (κ1) is 18.1. The molecule has 6 heteroatoms. The van der Waals surface area contributed by atoms with Crippen molar-refractivity contribution < 1.29 is 4.79 Å². The quantitative estimate of drug-likeness (QED) is 0.833. The van der Waals surface area contributed by atoms with Crippen molar-refractivity contribution >= 4 is 11.9 Å². The number of anilines is 1. The highest BCUT2D eigenvalue weighted by molar-refractivity contribution is 5.79. The zero-order chi connectivity index (χ0) is 17.8. The zero-order valence-electron chi connectivity index (χ0n) is 15.8. The monoisotopic (exact) mass is 345 g/mol. The molecule has 0 aliphatic carbocycles. The molecule has 0 N–H and O–H groups in total. The minimum Gasteiger partial charge on any atom is -0.340 e. The molecular weight excluding hydrogens is 314 g/mol. The van der Waals surface area contributed by atoms with E-state index < -0.39 is 0 Å². The van der Waals surface area contributed by atoms with Crippen LogP contribution in [0, 0.1) is 18.8 Å². The number of carbonyl (C=O) groups is 1. The van der Waals surface area contributed by atoms with E-state index in [0.29, 0.717) is 11.8 Å². The van der Waals surface area contributed by atoms with Crippen molar-refractivity contribution in [2.45, 2.75) is 33.6 Å². The van der Waals surface area contributed by atoms with Gasteiger partial charge in [-0.3, -0.25) is 9.69 Å². The first-order valence-corrected chi connectivity index (χ1v) is 9.58. The Hall–Kier alpha value is -1.69. The number of rotatable bonds is 4. The molecule has 3 heterocycles. The van der Waals surface area contributed by atoms with Crippen LogP contribution in [-0.2, 0) is 4.79 Å². The Morgan fingerprint density at radius 1 is 1.24 bits per heavy atom. The molecule has 1 amide bonds. The molecule has 1 atom stereocenters. The average molecular weight is 345 g/mol. The van der Waals surface area contributed by atoms with Crippen LogP contribution in [0.1, 0.15) is 32.4 Å². The molecule has 0 aromatic carbocycles. The summed E-state index contributed by atoms with van der Waals surface area (Å²) in [5.41, 5.74) is 0.972. The van der Waals surface area contributed by atoms with E-state index >= 15 is 0 Å². The molecule has 2 aliphatic heterocycles. The third-order valence-corrected chi connectivity index (χ3v) is 5.14. The molecule has 0 radical (unpaired) electrons. The SMILES string of the molecule is Cc1ccnc(N2CCCC(C(=O)N3CCN(CC(C)C)CC3)C2)n1. The fourth-order valence-corrected chi connectivity index (χ4v) is 3.87. The number of hydrogen-bond acceptors (Lipinski definition) is 5. The van der Waals surface area contributed by atoms with E-state index in [-0.39, 0.29) is 5.92 Å². The summed E-state index contributed by atoms with van der Waals surface area (Å²) in [6.45, 7) is 13.0. The zero-order valence-corrected chi connectivity index (χ0v) is 15.8. The predicted octanol–water partition coefficient (Wildman–Crippen LogP) is 1.80. The van der Waals surface area contributed by atoms with Gasteiger partial charge in [0, 0.05) is 57.7 Å². The van der Waals surface area contributed by atoms with Crippen molar-refractivity contribution in [1.29, 1.82) is 0 Å². The van der Waals surface area contributed by atoms with Crippen LogP contribution in [0.5, 0.6) is 0 Å². The lowest BCUT2D eigenvalue weighted by atomic mass is 9.96. The number of piperidine rings is 1. The van der Waals surface area contributed by atoms with Gasteiger partial charge in [0.2, 0.25) is 11.9 Å². The lowest BCUT2D eigenvalue weighted by Gasteiger charge is -2.39. The van der Waals surface area contributed by atoms with Gasteiger partial charge < -0.3 is 9.80 Å². The Bertz CT molecular complexity index is 583. The van der Waals surface area contributed by atoms with Gasteiger partial charge >= 0.3 is 0 Å². The Morgan fingerprint density at radius 3 is 2.68 bits per heavy atom. The molecule has 0 bridgehead atoms. The summed E-state index contributed by atoms with van der Waals surface area (Å²) in [7, 11) is 0. The number of hydrogen-bond donors (Lipinski definition) is 0. The van der Waals surface area contributed by atoms with Crippen LogP contribution in [0.15, 0.2) is 12.3 Å². The molecule has 1 aromatic rings. The number of aryl methyl sites for hydroxylation is 1. The average Bonchev–Trinajstić information content (AvgIpc) is 2.61. The molecule has 1 unspecified atom stereocenters. The summed E-state index contributed by atoms with van der Waals surface area (Å²) in [5, 5.41) is 0. The van der Waals surface area contributed by atoms with Crippen molar-refractivity contribution in [3.8, 4) is 0 Å². The smallest absolute Gasteiger partial charge is 0.227 e. The third kappa shape index (κ3) is 4.69. The Morgan fingerprint density at radius 2 is 2.00 bits per heavy atom. The Labute approximate surface area is 151 Å². The Kier molecular flexibility index (Phi) is 5.89. The van der Waals surface area contributed by atoms with Gasteiger partial charge in [-0.2, -0.15) is 0 Å². The van der Waals surface area contributed by atoms with Crippen LogP contribution < -0.4 is 4.90 Å². The molecule has 1 aromatic heterocycles. The summed E-state index contributed by atoms with van der Waals surface area (Å²) in [4.78, 5) is 28.6. The van der Waals surface area contributed by atoms with Gasteiger partial charge in [-0.15, -0.1) is 0 Å². The molecule has 0 spiro atoms. The molecule has 3 rings (SSSR count). The molecule has 25 heavy (non-hydrogen) atoms. The highest BCUT2D eigenvalue weighted by atomic mass is 16.2. The fraction of sp³-hybridized carbons (Fsp3) is 0.737. The van der Waals surface area contributed by atoms with Crippen LogP contribution in [0.2, 0.25) is 0 Å². The highest BCUT2D eigenvalue weighted by Crippen LogP contribution is 2.22. The largest absolute Gasteiger partial charge is 0.340 e. The van der Waals surface area contributed by atoms with E-state index in [4.69, 9.17) is 0 Å². The Balaban J connectivity index is 1.56. The van der Waals surface area contributed by atoms with Crippen molar-refractivity contribution in [3.05, 3.63) is 18.0 Å². The normalized spacial score (nSPS) is 22.5. The summed E-state index contributed by atoms with van der Waals surface area (Å²) >= 11 is 0. The number of nitrogens with zero attached hydrogens (tertiary/aromatic N) is 5. The minimum absolute atomic E-state index is 0.0783. The number of amides is 1. The van der Waals surface area contributed by atoms with E-state index in [0.717, 1.165) is 70.3 Å². The second-order valence-electron chi connectivity index (χ2n) is 7.80. The van der Waals surface area contributed by atoms with E-state index in [2.05, 4.69) is 38.5 Å². The summed E-state index contributed by atoms with van der Waals surface area (Å²) in [5.74, 6) is 1.85. The molecule has 2 fully saturated rings. The second-order valence-corrected chi connectivity index (χ2v) is 7.80. The second kappa shape index (κ2) is 8.13. The van der Waals surface area contributed by atoms with Crippen LogP contribution in [0.4, 0.5) is 5.95 Å². The number of aromatic nitrogens is 2. The van der Waals surface area contributed by atoms with Gasteiger partial charge in [0.15, 0.2) is 0 Å². The summed E-state index contributed by atoms with van der Waals surface area (Å²) < 4.78 is 0. The van der Waals surface area contributed by atoms with Crippen molar-refractivity contribution in [2.24, 2.45) is 11.8 Å². The van der Waals surface area contributed by atoms with Crippen LogP contribution in [-0.4, -0.2) is 71.5 Å². The van der Waals surface area contributed by atoms with Gasteiger partial charge in [-0.25, -0.2) is 9.97 Å². The van der Waals surface area contributed by atoms with Gasteiger partial charge in [0.1, 0.15) is 0 Å². The van der Waals surface area contributed by atoms with E-state index in [1.54, 1.807) is 6.20 Å². The fourth-order valence-electron chi connectivity index (χ4n) is 3.87. The summed E-state index contributed by atoms with van der Waals surface area (Å²) in [6.07, 6.45) is 3.81. The molecule has 2 saturated heterocycles. The standard InChI is InChI=1S/C19H31N5O/c1-15(2)13-22-9-11-23(12-10-22)18(25)17-5-4-8-24(14-17)19-20-7-6-16(3)21-19/h6-7,15,17H,4-5,8-14H2,1-3H3. The first-order valence-electron chi connectivity index (χ1n) is 9.58. The third-order valence-electron chi connectivity index (χ3n) is 5.14. The lowest BCUT2D eigenvalue weighted by Crippen LogP contribution is -2.53. The van der Waals surface area contributed by atoms with Gasteiger partial charge in [-0.1, -0.05) is 13.8 Å². The van der Waals surface area contributed by atoms with E-state index in [9.17, 15) is 4.79 Å². The maximum absolute atomic E-state index is 13.0.